The number of nitrogens with two attached hydrogens (primary N) is 1. The van der Waals surface area contributed by atoms with Crippen molar-refractivity contribution in [2.24, 2.45) is 0 Å². The molecule has 19 heavy (non-hydrogen) atoms. The molecule has 1 heterocycles. The fourth-order valence-corrected chi connectivity index (χ4v) is 2.89. The molecule has 2 aromatic rings. The van der Waals surface area contributed by atoms with Gasteiger partial charge in [0.25, 0.3) is 0 Å². The molecule has 0 aliphatic heterocycles. The first-order chi connectivity index (χ1) is 9.12. The van der Waals surface area contributed by atoms with E-state index in [1.807, 2.05) is 25.1 Å². The van der Waals surface area contributed by atoms with Gasteiger partial charge in [0.15, 0.2) is 11.5 Å². The van der Waals surface area contributed by atoms with Crippen molar-refractivity contribution in [3.63, 3.8) is 0 Å². The van der Waals surface area contributed by atoms with Gasteiger partial charge in [-0.3, -0.25) is 0 Å². The SMILES string of the molecule is COc1ccc(-c2c(C)sc(C#N)c2N)cc1OC. The molecule has 0 spiro atoms. The van der Waals surface area contributed by atoms with E-state index in [1.165, 1.54) is 11.3 Å². The predicted molar refractivity (Wildman–Crippen MR) is 76.7 cm³/mol. The number of hydrogen-bond donors (Lipinski definition) is 1. The topological polar surface area (TPSA) is 68.3 Å². The molecular formula is C14H14N2O2S. The Hall–Kier alpha value is -2.19. The Morgan fingerprint density at radius 3 is 2.42 bits per heavy atom. The van der Waals surface area contributed by atoms with E-state index in [0.29, 0.717) is 22.1 Å². The molecule has 4 nitrogen and oxygen atoms in total. The van der Waals surface area contributed by atoms with E-state index in [2.05, 4.69) is 6.07 Å². The maximum Gasteiger partial charge on any atom is 0.161 e. The molecule has 1 aromatic carbocycles. The summed E-state index contributed by atoms with van der Waals surface area (Å²) in [6, 6.07) is 7.72. The molecule has 0 amide bonds. The third-order valence-electron chi connectivity index (χ3n) is 2.89. The molecule has 2 rings (SSSR count). The Balaban J connectivity index is 2.60. The molecule has 2 N–H and O–H groups in total. The van der Waals surface area contributed by atoms with Crippen molar-refractivity contribution in [2.45, 2.75) is 6.92 Å². The van der Waals surface area contributed by atoms with E-state index in [9.17, 15) is 0 Å². The number of nitrogen functional groups attached to an aromatic ring is 1. The lowest BCUT2D eigenvalue weighted by Crippen LogP contribution is -1.93. The fraction of sp³-hybridized carbons (Fsp3) is 0.214. The van der Waals surface area contributed by atoms with Crippen LogP contribution in [0.1, 0.15) is 9.75 Å². The smallest absolute Gasteiger partial charge is 0.161 e. The van der Waals surface area contributed by atoms with Gasteiger partial charge >= 0.3 is 0 Å². The van der Waals surface area contributed by atoms with Crippen molar-refractivity contribution >= 4 is 17.0 Å². The van der Waals surface area contributed by atoms with Gasteiger partial charge in [-0.15, -0.1) is 11.3 Å². The maximum absolute atomic E-state index is 9.02. The van der Waals surface area contributed by atoms with Crippen LogP contribution in [0.3, 0.4) is 0 Å². The summed E-state index contributed by atoms with van der Waals surface area (Å²) in [5.41, 5.74) is 8.36. The first kappa shape index (κ1) is 13.2. The number of aryl methyl sites for hydroxylation is 1. The summed E-state index contributed by atoms with van der Waals surface area (Å²) in [7, 11) is 3.18. The minimum Gasteiger partial charge on any atom is -0.493 e. The quantitative estimate of drug-likeness (QED) is 0.933. The van der Waals surface area contributed by atoms with Crippen molar-refractivity contribution in [1.29, 1.82) is 5.26 Å². The van der Waals surface area contributed by atoms with Gasteiger partial charge in [0, 0.05) is 10.4 Å². The summed E-state index contributed by atoms with van der Waals surface area (Å²) < 4.78 is 10.5. The van der Waals surface area contributed by atoms with Gasteiger partial charge in [-0.2, -0.15) is 5.26 Å². The average molecular weight is 274 g/mol. The summed E-state index contributed by atoms with van der Waals surface area (Å²) in [5, 5.41) is 9.02. The molecule has 0 atom stereocenters. The summed E-state index contributed by atoms with van der Waals surface area (Å²) in [6.45, 7) is 1.95. The lowest BCUT2D eigenvalue weighted by molar-refractivity contribution is 0.355. The number of nitriles is 1. The first-order valence-electron chi connectivity index (χ1n) is 5.63. The van der Waals surface area contributed by atoms with Crippen LogP contribution in [0, 0.1) is 18.3 Å². The zero-order valence-electron chi connectivity index (χ0n) is 11.0. The van der Waals surface area contributed by atoms with Crippen LogP contribution >= 0.6 is 11.3 Å². The molecule has 5 heteroatoms. The minimum absolute atomic E-state index is 0.525. The monoisotopic (exact) mass is 274 g/mol. The van der Waals surface area contributed by atoms with Gasteiger partial charge in [0.05, 0.1) is 19.9 Å². The number of rotatable bonds is 3. The van der Waals surface area contributed by atoms with E-state index < -0.39 is 0 Å². The Labute approximate surface area is 116 Å². The highest BCUT2D eigenvalue weighted by molar-refractivity contribution is 7.13. The Kier molecular flexibility index (Phi) is 3.63. The minimum atomic E-state index is 0.525. The normalized spacial score (nSPS) is 10.0. The Morgan fingerprint density at radius 2 is 1.89 bits per heavy atom. The standard InChI is InChI=1S/C14H14N2O2S/c1-8-13(14(16)12(7-15)19-8)9-4-5-10(17-2)11(6-9)18-3/h4-6H,16H2,1-3H3. The van der Waals surface area contributed by atoms with Crippen molar-refractivity contribution in [2.75, 3.05) is 20.0 Å². The summed E-state index contributed by atoms with van der Waals surface area (Å²) >= 11 is 1.40. The fourth-order valence-electron chi connectivity index (χ4n) is 2.00. The van der Waals surface area contributed by atoms with Crippen LogP contribution in [0.4, 0.5) is 5.69 Å². The molecule has 0 saturated heterocycles. The molecule has 0 fully saturated rings. The third-order valence-corrected chi connectivity index (χ3v) is 3.92. The van der Waals surface area contributed by atoms with Crippen LogP contribution < -0.4 is 15.2 Å². The number of benzene rings is 1. The zero-order chi connectivity index (χ0) is 14.0. The first-order valence-corrected chi connectivity index (χ1v) is 6.45. The van der Waals surface area contributed by atoms with E-state index in [1.54, 1.807) is 14.2 Å². The van der Waals surface area contributed by atoms with Gasteiger partial charge < -0.3 is 15.2 Å². The summed E-state index contributed by atoms with van der Waals surface area (Å²) in [6.07, 6.45) is 0. The van der Waals surface area contributed by atoms with Crippen LogP contribution in [0.2, 0.25) is 0 Å². The van der Waals surface area contributed by atoms with Gasteiger partial charge in [0.2, 0.25) is 0 Å². The Morgan fingerprint density at radius 1 is 1.21 bits per heavy atom. The van der Waals surface area contributed by atoms with Gasteiger partial charge in [-0.05, 0) is 24.6 Å². The van der Waals surface area contributed by atoms with Crippen molar-refractivity contribution in [3.05, 3.63) is 28.0 Å². The second-order valence-corrected chi connectivity index (χ2v) is 5.18. The highest BCUT2D eigenvalue weighted by Crippen LogP contribution is 2.41. The Bertz CT molecular complexity index is 656. The van der Waals surface area contributed by atoms with Crippen LogP contribution in [-0.2, 0) is 0 Å². The second kappa shape index (κ2) is 5.21. The average Bonchev–Trinajstić information content (AvgIpc) is 2.72. The van der Waals surface area contributed by atoms with Crippen LogP contribution in [0.15, 0.2) is 18.2 Å². The third kappa shape index (κ3) is 2.23. The van der Waals surface area contributed by atoms with Gasteiger partial charge in [0.1, 0.15) is 10.9 Å². The lowest BCUT2D eigenvalue weighted by Gasteiger charge is -2.10. The molecule has 0 unspecified atom stereocenters. The van der Waals surface area contributed by atoms with Gasteiger partial charge in [-0.1, -0.05) is 6.07 Å². The number of hydrogen-bond acceptors (Lipinski definition) is 5. The second-order valence-electron chi connectivity index (χ2n) is 3.96. The number of methoxy groups -OCH3 is 2. The molecule has 0 aliphatic carbocycles. The molecule has 98 valence electrons. The summed E-state index contributed by atoms with van der Waals surface area (Å²) in [5.74, 6) is 1.31. The molecule has 0 saturated carbocycles. The van der Waals surface area contributed by atoms with E-state index >= 15 is 0 Å². The molecule has 0 bridgehead atoms. The van der Waals surface area contributed by atoms with E-state index in [4.69, 9.17) is 20.5 Å². The maximum atomic E-state index is 9.02. The van der Waals surface area contributed by atoms with Crippen LogP contribution in [0.5, 0.6) is 11.5 Å². The van der Waals surface area contributed by atoms with Crippen LogP contribution in [-0.4, -0.2) is 14.2 Å². The number of anilines is 1. The number of thiophene rings is 1. The molecule has 0 radical (unpaired) electrons. The van der Waals surface area contributed by atoms with Crippen molar-refractivity contribution in [1.82, 2.24) is 0 Å². The van der Waals surface area contributed by atoms with E-state index in [0.717, 1.165) is 16.0 Å². The van der Waals surface area contributed by atoms with Crippen molar-refractivity contribution < 1.29 is 9.47 Å². The molecule has 0 aliphatic rings. The number of nitrogens with zero attached hydrogens (tertiary/aromatic N) is 1. The van der Waals surface area contributed by atoms with Crippen molar-refractivity contribution in [3.8, 4) is 28.7 Å². The molecule has 1 aromatic heterocycles. The van der Waals surface area contributed by atoms with Crippen LogP contribution in [0.25, 0.3) is 11.1 Å². The largest absolute Gasteiger partial charge is 0.493 e. The lowest BCUT2D eigenvalue weighted by atomic mass is 10.0. The van der Waals surface area contributed by atoms with E-state index in [-0.39, 0.29) is 0 Å². The summed E-state index contributed by atoms with van der Waals surface area (Å²) in [4.78, 5) is 1.56. The highest BCUT2D eigenvalue weighted by Gasteiger charge is 2.16. The highest BCUT2D eigenvalue weighted by atomic mass is 32.1. The predicted octanol–water partition coefficient (Wildman–Crippen LogP) is 3.19. The number of ether oxygens (including phenoxy) is 2. The van der Waals surface area contributed by atoms with Gasteiger partial charge in [-0.25, -0.2) is 0 Å². The zero-order valence-corrected chi connectivity index (χ0v) is 11.8. The molecular weight excluding hydrogens is 260 g/mol.